The molecule has 0 unspecified atom stereocenters. The van der Waals surface area contributed by atoms with Gasteiger partial charge in [0, 0.05) is 29.5 Å². The number of aromatic amines is 2. The average molecular weight is 337 g/mol. The molecule has 0 bridgehead atoms. The van der Waals surface area contributed by atoms with Crippen LogP contribution in [-0.4, -0.2) is 31.5 Å². The fraction of sp³-hybridized carbons (Fsp3) is 0.278. The number of nitrogens with one attached hydrogen (secondary N) is 3. The zero-order valence-electron chi connectivity index (χ0n) is 14.3. The largest absolute Gasteiger partial charge is 0.338 e. The topological polar surface area (TPSA) is 93.9 Å². The monoisotopic (exact) mass is 337 g/mol. The molecule has 7 heteroatoms. The number of anilines is 2. The summed E-state index contributed by atoms with van der Waals surface area (Å²) in [5.74, 6) is 0.518. The van der Waals surface area contributed by atoms with Gasteiger partial charge >= 0.3 is 0 Å². The summed E-state index contributed by atoms with van der Waals surface area (Å²) in [6, 6.07) is 7.36. The van der Waals surface area contributed by atoms with Gasteiger partial charge in [-0.25, -0.2) is 0 Å². The summed E-state index contributed by atoms with van der Waals surface area (Å²) in [6.07, 6.45) is 1.58. The van der Waals surface area contributed by atoms with E-state index in [2.05, 4.69) is 20.5 Å². The van der Waals surface area contributed by atoms with Crippen LogP contribution in [0.5, 0.6) is 0 Å². The molecule has 0 radical (unpaired) electrons. The Morgan fingerprint density at radius 2 is 2.00 bits per heavy atom. The third-order valence-corrected chi connectivity index (χ3v) is 4.47. The van der Waals surface area contributed by atoms with E-state index >= 15 is 0 Å². The first kappa shape index (κ1) is 15.4. The second-order valence-corrected chi connectivity index (χ2v) is 7.23. The molecule has 1 aliphatic rings. The van der Waals surface area contributed by atoms with Gasteiger partial charge in [-0.05, 0) is 50.6 Å². The Kier molecular flexibility index (Phi) is 3.21. The van der Waals surface area contributed by atoms with Crippen LogP contribution >= 0.6 is 0 Å². The molecule has 3 aromatic rings. The number of amides is 1. The molecule has 3 heterocycles. The van der Waals surface area contributed by atoms with E-state index in [4.69, 9.17) is 0 Å². The third kappa shape index (κ3) is 2.48. The number of hydrogen-bond donors (Lipinski definition) is 3. The van der Waals surface area contributed by atoms with Crippen LogP contribution in [0, 0.1) is 0 Å². The van der Waals surface area contributed by atoms with Crippen molar-refractivity contribution in [3.63, 3.8) is 0 Å². The number of pyridine rings is 1. The molecule has 7 nitrogen and oxygen atoms in total. The van der Waals surface area contributed by atoms with Crippen LogP contribution in [0.15, 0.2) is 35.3 Å². The molecule has 0 saturated heterocycles. The first-order valence-corrected chi connectivity index (χ1v) is 8.12. The number of fused-ring (bicyclic) bond motifs is 2. The lowest BCUT2D eigenvalue weighted by Crippen LogP contribution is -2.41. The summed E-state index contributed by atoms with van der Waals surface area (Å²) in [6.45, 7) is 6.66. The highest BCUT2D eigenvalue weighted by atomic mass is 16.2. The van der Waals surface area contributed by atoms with Gasteiger partial charge in [0.25, 0.3) is 11.5 Å². The van der Waals surface area contributed by atoms with Crippen LogP contribution in [0.1, 0.15) is 36.7 Å². The maximum absolute atomic E-state index is 12.5. The van der Waals surface area contributed by atoms with E-state index in [1.54, 1.807) is 12.3 Å². The van der Waals surface area contributed by atoms with E-state index in [1.165, 1.54) is 0 Å². The number of aromatic nitrogens is 3. The summed E-state index contributed by atoms with van der Waals surface area (Å²) < 4.78 is 0. The summed E-state index contributed by atoms with van der Waals surface area (Å²) in [7, 11) is 0. The van der Waals surface area contributed by atoms with E-state index in [0.717, 1.165) is 16.8 Å². The zero-order chi connectivity index (χ0) is 17.8. The van der Waals surface area contributed by atoms with Crippen molar-refractivity contribution in [1.29, 1.82) is 0 Å². The molecule has 0 fully saturated rings. The Morgan fingerprint density at radius 3 is 2.76 bits per heavy atom. The fourth-order valence-corrected chi connectivity index (χ4v) is 3.15. The Hall–Kier alpha value is -3.09. The number of rotatable bonds is 2. The van der Waals surface area contributed by atoms with Gasteiger partial charge in [-0.2, -0.15) is 5.10 Å². The molecule has 3 N–H and O–H groups in total. The van der Waals surface area contributed by atoms with Crippen molar-refractivity contribution in [2.75, 3.05) is 5.32 Å². The van der Waals surface area contributed by atoms with Gasteiger partial charge in [-0.3, -0.25) is 14.7 Å². The number of H-pyrrole nitrogens is 2. The lowest BCUT2D eigenvalue weighted by molar-refractivity contribution is 0.0609. The number of carbonyl (C=O) groups is 1. The number of nitrogens with zero attached hydrogens (tertiary/aromatic N) is 2. The Labute approximate surface area is 144 Å². The molecule has 0 spiro atoms. The molecule has 1 aliphatic heterocycles. The summed E-state index contributed by atoms with van der Waals surface area (Å²) in [5.41, 5.74) is 2.73. The van der Waals surface area contributed by atoms with Crippen LogP contribution in [-0.2, 0) is 6.54 Å². The van der Waals surface area contributed by atoms with Crippen molar-refractivity contribution in [1.82, 2.24) is 20.1 Å². The fourth-order valence-electron chi connectivity index (χ4n) is 3.15. The van der Waals surface area contributed by atoms with Crippen LogP contribution < -0.4 is 10.9 Å². The molecule has 4 rings (SSSR count). The molecular formula is C18H19N5O2. The van der Waals surface area contributed by atoms with Crippen LogP contribution in [0.25, 0.3) is 10.9 Å². The number of carbonyl (C=O) groups excluding carboxylic acids is 1. The Morgan fingerprint density at radius 1 is 1.20 bits per heavy atom. The highest BCUT2D eigenvalue weighted by Crippen LogP contribution is 2.31. The second kappa shape index (κ2) is 5.20. The molecule has 0 atom stereocenters. The van der Waals surface area contributed by atoms with Crippen molar-refractivity contribution in [3.8, 4) is 0 Å². The minimum absolute atomic E-state index is 0.0516. The van der Waals surface area contributed by atoms with E-state index in [9.17, 15) is 9.59 Å². The van der Waals surface area contributed by atoms with Gasteiger partial charge in [0.05, 0.1) is 5.52 Å². The van der Waals surface area contributed by atoms with Gasteiger partial charge < -0.3 is 15.2 Å². The van der Waals surface area contributed by atoms with Gasteiger partial charge in [0.2, 0.25) is 0 Å². The average Bonchev–Trinajstić information content (AvgIpc) is 3.10. The second-order valence-electron chi connectivity index (χ2n) is 7.23. The lowest BCUT2D eigenvalue weighted by Gasteiger charge is -2.31. The predicted molar refractivity (Wildman–Crippen MR) is 96.1 cm³/mol. The quantitative estimate of drug-likeness (QED) is 0.670. The smallest absolute Gasteiger partial charge is 0.261 e. The molecule has 128 valence electrons. The standard InChI is InChI=1S/C18H19N5O2/c1-18(2,3)23-9-10-8-11(4-5-12(10)17(23)25)20-15-14-13(21-22-15)6-7-19-16(14)24/h4-8H,9H2,1-3H3,(H,19,24)(H2,20,21,22). The van der Waals surface area contributed by atoms with Crippen molar-refractivity contribution in [2.45, 2.75) is 32.9 Å². The minimum atomic E-state index is -0.227. The molecular weight excluding hydrogens is 318 g/mol. The SMILES string of the molecule is CC(C)(C)N1Cc2cc(Nc3n[nH]c4cc[nH]c(=O)c34)ccc2C1=O. The summed E-state index contributed by atoms with van der Waals surface area (Å²) in [5, 5.41) is 10.7. The van der Waals surface area contributed by atoms with Crippen LogP contribution in [0.3, 0.4) is 0 Å². The predicted octanol–water partition coefficient (Wildman–Crippen LogP) is 2.75. The number of hydrogen-bond acceptors (Lipinski definition) is 4. The molecule has 0 saturated carbocycles. The van der Waals surface area contributed by atoms with Crippen molar-refractivity contribution < 1.29 is 4.79 Å². The van der Waals surface area contributed by atoms with Gasteiger partial charge in [0.15, 0.2) is 5.82 Å². The van der Waals surface area contributed by atoms with Gasteiger partial charge in [0.1, 0.15) is 5.39 Å². The highest BCUT2D eigenvalue weighted by molar-refractivity contribution is 5.99. The molecule has 25 heavy (non-hydrogen) atoms. The van der Waals surface area contributed by atoms with Crippen molar-refractivity contribution in [2.24, 2.45) is 0 Å². The highest BCUT2D eigenvalue weighted by Gasteiger charge is 2.34. The first-order chi connectivity index (χ1) is 11.8. The van der Waals surface area contributed by atoms with E-state index < -0.39 is 0 Å². The maximum atomic E-state index is 12.5. The van der Waals surface area contributed by atoms with Gasteiger partial charge in [-0.1, -0.05) is 0 Å². The number of benzene rings is 1. The third-order valence-electron chi connectivity index (χ3n) is 4.47. The molecule has 2 aromatic heterocycles. The molecule has 1 aromatic carbocycles. The maximum Gasteiger partial charge on any atom is 0.261 e. The first-order valence-electron chi connectivity index (χ1n) is 8.12. The summed E-state index contributed by atoms with van der Waals surface area (Å²) in [4.78, 5) is 29.1. The van der Waals surface area contributed by atoms with Crippen LogP contribution in [0.2, 0.25) is 0 Å². The van der Waals surface area contributed by atoms with E-state index in [-0.39, 0.29) is 17.0 Å². The Bertz CT molecular complexity index is 1040. The lowest BCUT2D eigenvalue weighted by atomic mass is 10.1. The van der Waals surface area contributed by atoms with E-state index in [0.29, 0.717) is 23.3 Å². The van der Waals surface area contributed by atoms with Crippen LogP contribution in [0.4, 0.5) is 11.5 Å². The Balaban J connectivity index is 1.68. The summed E-state index contributed by atoms with van der Waals surface area (Å²) >= 11 is 0. The van der Waals surface area contributed by atoms with Crippen molar-refractivity contribution >= 4 is 28.3 Å². The normalized spacial score (nSPS) is 14.2. The minimum Gasteiger partial charge on any atom is -0.338 e. The van der Waals surface area contributed by atoms with Crippen molar-refractivity contribution in [3.05, 3.63) is 51.9 Å². The molecule has 0 aliphatic carbocycles. The van der Waals surface area contributed by atoms with Gasteiger partial charge in [-0.15, -0.1) is 0 Å². The zero-order valence-corrected chi connectivity index (χ0v) is 14.3. The molecule has 1 amide bonds. The van der Waals surface area contributed by atoms with E-state index in [1.807, 2.05) is 43.9 Å².